The molecule has 0 aromatic heterocycles. The lowest BCUT2D eigenvalue weighted by Gasteiger charge is -2.22. The molecule has 17 heavy (non-hydrogen) atoms. The number of carbonyl (C=O) groups is 2. The fraction of sp³-hybridized carbons (Fsp3) is 0.273. The van der Waals surface area contributed by atoms with Gasteiger partial charge in [0.2, 0.25) is 5.91 Å². The summed E-state index contributed by atoms with van der Waals surface area (Å²) in [5, 5.41) is 2.39. The van der Waals surface area contributed by atoms with Gasteiger partial charge in [0.05, 0.1) is 0 Å². The summed E-state index contributed by atoms with van der Waals surface area (Å²) in [4.78, 5) is 22.8. The highest BCUT2D eigenvalue weighted by atomic mass is 19.1. The van der Waals surface area contributed by atoms with E-state index in [1.165, 1.54) is 19.9 Å². The van der Waals surface area contributed by atoms with Crippen molar-refractivity contribution in [3.8, 4) is 0 Å². The molecular formula is C11H14FN3O2. The molecule has 5 N–H and O–H groups in total. The molecule has 0 atom stereocenters. The van der Waals surface area contributed by atoms with Gasteiger partial charge in [0.1, 0.15) is 11.4 Å². The highest BCUT2D eigenvalue weighted by molar-refractivity contribution is 5.99. The maximum absolute atomic E-state index is 13.0. The van der Waals surface area contributed by atoms with E-state index in [2.05, 4.69) is 5.32 Å². The molecular weight excluding hydrogens is 225 g/mol. The normalized spacial score (nSPS) is 11.0. The van der Waals surface area contributed by atoms with Gasteiger partial charge >= 0.3 is 0 Å². The zero-order chi connectivity index (χ0) is 13.2. The Bertz CT molecular complexity index is 452. The number of hydrogen-bond donors (Lipinski definition) is 3. The predicted molar refractivity (Wildman–Crippen MR) is 61.6 cm³/mol. The second-order valence-corrected chi connectivity index (χ2v) is 4.22. The average Bonchev–Trinajstić information content (AvgIpc) is 2.15. The fourth-order valence-corrected chi connectivity index (χ4v) is 1.16. The molecule has 0 fully saturated rings. The van der Waals surface area contributed by atoms with Crippen LogP contribution in [0.5, 0.6) is 0 Å². The van der Waals surface area contributed by atoms with E-state index < -0.39 is 23.2 Å². The highest BCUT2D eigenvalue weighted by Crippen LogP contribution is 2.12. The Balaban J connectivity index is 2.94. The third kappa shape index (κ3) is 3.17. The van der Waals surface area contributed by atoms with Crippen molar-refractivity contribution in [1.82, 2.24) is 5.32 Å². The van der Waals surface area contributed by atoms with Crippen molar-refractivity contribution in [3.05, 3.63) is 29.6 Å². The van der Waals surface area contributed by atoms with E-state index in [4.69, 9.17) is 11.5 Å². The summed E-state index contributed by atoms with van der Waals surface area (Å²) in [6, 6.07) is 3.44. The minimum Gasteiger partial charge on any atom is -0.399 e. The number of carbonyl (C=O) groups excluding carboxylic acids is 2. The Morgan fingerprint density at radius 3 is 2.35 bits per heavy atom. The molecule has 0 saturated carbocycles. The van der Waals surface area contributed by atoms with Gasteiger partial charge in [0.25, 0.3) is 5.91 Å². The lowest BCUT2D eigenvalue weighted by molar-refractivity contribution is -0.122. The van der Waals surface area contributed by atoms with Crippen molar-refractivity contribution >= 4 is 17.5 Å². The molecule has 1 rings (SSSR count). The summed E-state index contributed by atoms with van der Waals surface area (Å²) in [5.74, 6) is -1.91. The van der Waals surface area contributed by atoms with E-state index in [0.29, 0.717) is 0 Å². The Labute approximate surface area is 98.0 Å². The average molecular weight is 239 g/mol. The van der Waals surface area contributed by atoms with Crippen LogP contribution in [0, 0.1) is 5.82 Å². The number of halogens is 1. The molecule has 0 aliphatic carbocycles. The Hall–Kier alpha value is -2.11. The molecule has 6 heteroatoms. The van der Waals surface area contributed by atoms with Gasteiger partial charge in [-0.25, -0.2) is 4.39 Å². The fourth-order valence-electron chi connectivity index (χ4n) is 1.16. The van der Waals surface area contributed by atoms with Gasteiger partial charge in [-0.15, -0.1) is 0 Å². The zero-order valence-corrected chi connectivity index (χ0v) is 9.58. The van der Waals surface area contributed by atoms with E-state index >= 15 is 0 Å². The second-order valence-electron chi connectivity index (χ2n) is 4.22. The molecule has 92 valence electrons. The Morgan fingerprint density at radius 1 is 1.29 bits per heavy atom. The molecule has 5 nitrogen and oxygen atoms in total. The van der Waals surface area contributed by atoms with Crippen LogP contribution in [-0.2, 0) is 4.79 Å². The summed E-state index contributed by atoms with van der Waals surface area (Å²) in [7, 11) is 0. The van der Waals surface area contributed by atoms with Crippen molar-refractivity contribution in [2.75, 3.05) is 5.73 Å². The van der Waals surface area contributed by atoms with Crippen LogP contribution in [0.2, 0.25) is 0 Å². The molecule has 1 aromatic rings. The first-order valence-electron chi connectivity index (χ1n) is 4.91. The van der Waals surface area contributed by atoms with Gasteiger partial charge in [0, 0.05) is 11.3 Å². The van der Waals surface area contributed by atoms with Gasteiger partial charge in [-0.1, -0.05) is 0 Å². The van der Waals surface area contributed by atoms with Crippen LogP contribution in [0.25, 0.3) is 0 Å². The third-order valence-corrected chi connectivity index (χ3v) is 2.22. The topological polar surface area (TPSA) is 98.2 Å². The largest absolute Gasteiger partial charge is 0.399 e. The number of benzene rings is 1. The van der Waals surface area contributed by atoms with Crippen LogP contribution in [0.1, 0.15) is 24.2 Å². The first-order valence-corrected chi connectivity index (χ1v) is 4.91. The molecule has 0 saturated heterocycles. The van der Waals surface area contributed by atoms with Crippen LogP contribution < -0.4 is 16.8 Å². The molecule has 0 radical (unpaired) electrons. The summed E-state index contributed by atoms with van der Waals surface area (Å²) in [6.45, 7) is 2.91. The lowest BCUT2D eigenvalue weighted by Crippen LogP contribution is -2.53. The maximum Gasteiger partial charge on any atom is 0.252 e. The van der Waals surface area contributed by atoms with Crippen LogP contribution in [0.4, 0.5) is 10.1 Å². The van der Waals surface area contributed by atoms with Crippen molar-refractivity contribution < 1.29 is 14.0 Å². The number of rotatable bonds is 3. The van der Waals surface area contributed by atoms with E-state index in [1.54, 1.807) is 0 Å². The van der Waals surface area contributed by atoms with Crippen molar-refractivity contribution in [2.45, 2.75) is 19.4 Å². The van der Waals surface area contributed by atoms with E-state index in [9.17, 15) is 14.0 Å². The van der Waals surface area contributed by atoms with Crippen LogP contribution in [0.3, 0.4) is 0 Å². The Morgan fingerprint density at radius 2 is 1.88 bits per heavy atom. The number of anilines is 1. The minimum atomic E-state index is -1.21. The van der Waals surface area contributed by atoms with Gasteiger partial charge in [0.15, 0.2) is 0 Å². The number of nitrogens with one attached hydrogen (secondary N) is 1. The van der Waals surface area contributed by atoms with Gasteiger partial charge in [-0.05, 0) is 32.0 Å². The van der Waals surface area contributed by atoms with Gasteiger partial charge in [-0.2, -0.15) is 0 Å². The first-order chi connectivity index (χ1) is 7.72. The number of primary amides is 1. The molecule has 0 spiro atoms. The van der Waals surface area contributed by atoms with Crippen LogP contribution in [0.15, 0.2) is 18.2 Å². The number of hydrogen-bond acceptors (Lipinski definition) is 3. The van der Waals surface area contributed by atoms with Crippen LogP contribution >= 0.6 is 0 Å². The van der Waals surface area contributed by atoms with E-state index in [-0.39, 0.29) is 11.3 Å². The molecule has 0 heterocycles. The summed E-state index contributed by atoms with van der Waals surface area (Å²) >= 11 is 0. The smallest absolute Gasteiger partial charge is 0.252 e. The number of nitrogen functional groups attached to an aromatic ring is 1. The molecule has 0 bridgehead atoms. The minimum absolute atomic E-state index is 0.0387. The monoisotopic (exact) mass is 239 g/mol. The lowest BCUT2D eigenvalue weighted by atomic mass is 10.0. The maximum atomic E-state index is 13.0. The van der Waals surface area contributed by atoms with Gasteiger partial charge in [-0.3, -0.25) is 9.59 Å². The second kappa shape index (κ2) is 4.40. The zero-order valence-electron chi connectivity index (χ0n) is 9.58. The van der Waals surface area contributed by atoms with E-state index in [0.717, 1.165) is 12.1 Å². The number of amides is 2. The summed E-state index contributed by atoms with van der Waals surface area (Å²) in [6.07, 6.45) is 0. The SMILES string of the molecule is CC(C)(NC(=O)c1cc(N)cc(F)c1)C(N)=O. The van der Waals surface area contributed by atoms with Crippen molar-refractivity contribution in [2.24, 2.45) is 5.73 Å². The van der Waals surface area contributed by atoms with Crippen molar-refractivity contribution in [3.63, 3.8) is 0 Å². The first kappa shape index (κ1) is 13.0. The predicted octanol–water partition coefficient (Wildman–Crippen LogP) is 0.402. The molecule has 0 aliphatic rings. The third-order valence-electron chi connectivity index (χ3n) is 2.22. The number of nitrogens with two attached hydrogens (primary N) is 2. The van der Waals surface area contributed by atoms with E-state index in [1.807, 2.05) is 0 Å². The van der Waals surface area contributed by atoms with Crippen molar-refractivity contribution in [1.29, 1.82) is 0 Å². The van der Waals surface area contributed by atoms with Crippen LogP contribution in [-0.4, -0.2) is 17.4 Å². The summed E-state index contributed by atoms with van der Waals surface area (Å²) < 4.78 is 13.0. The molecule has 0 unspecified atom stereocenters. The molecule has 0 aliphatic heterocycles. The molecule has 1 aromatic carbocycles. The Kier molecular flexibility index (Phi) is 3.36. The molecule has 2 amide bonds. The highest BCUT2D eigenvalue weighted by Gasteiger charge is 2.27. The summed E-state index contributed by atoms with van der Waals surface area (Å²) in [5.41, 5.74) is 9.47. The standard InChI is InChI=1S/C11H14FN3O2/c1-11(2,10(14)17)15-9(16)6-3-7(12)5-8(13)4-6/h3-5H,13H2,1-2H3,(H2,14,17)(H,15,16). The quantitative estimate of drug-likeness (QED) is 0.666. The van der Waals surface area contributed by atoms with Gasteiger partial charge < -0.3 is 16.8 Å².